The van der Waals surface area contributed by atoms with Crippen LogP contribution in [-0.2, 0) is 16.6 Å². The van der Waals surface area contributed by atoms with Crippen LogP contribution in [-0.4, -0.2) is 14.4 Å². The van der Waals surface area contributed by atoms with Crippen molar-refractivity contribution in [2.75, 3.05) is 5.32 Å². The number of anilines is 1. The van der Waals surface area contributed by atoms with Crippen LogP contribution in [0.2, 0.25) is 5.02 Å². The van der Waals surface area contributed by atoms with Crippen LogP contribution in [0.4, 0.5) is 14.5 Å². The second-order valence-corrected chi connectivity index (χ2v) is 8.35. The maximum atomic E-state index is 14.1. The molecule has 4 rings (SSSR count). The lowest BCUT2D eigenvalue weighted by atomic mass is 10.2. The quantitative estimate of drug-likeness (QED) is 0.606. The van der Waals surface area contributed by atoms with Crippen molar-refractivity contribution in [3.63, 3.8) is 0 Å². The van der Waals surface area contributed by atoms with Gasteiger partial charge in [0.2, 0.25) is 5.96 Å². The Labute approximate surface area is 176 Å². The van der Waals surface area contributed by atoms with Crippen LogP contribution in [0.5, 0.6) is 11.5 Å². The van der Waals surface area contributed by atoms with Gasteiger partial charge in [0.1, 0.15) is 28.0 Å². The van der Waals surface area contributed by atoms with E-state index in [9.17, 15) is 17.2 Å². The van der Waals surface area contributed by atoms with Crippen molar-refractivity contribution in [1.29, 1.82) is 0 Å². The Morgan fingerprint density at radius 3 is 2.50 bits per heavy atom. The highest BCUT2D eigenvalue weighted by molar-refractivity contribution is 7.90. The zero-order chi connectivity index (χ0) is 21.3. The highest BCUT2D eigenvalue weighted by atomic mass is 35.5. The lowest BCUT2D eigenvalue weighted by Crippen LogP contribution is -2.41. The summed E-state index contributed by atoms with van der Waals surface area (Å²) in [7, 11) is -4.14. The van der Waals surface area contributed by atoms with E-state index >= 15 is 0 Å². The molecule has 0 aliphatic carbocycles. The molecule has 0 radical (unpaired) electrons. The molecule has 3 aromatic carbocycles. The standard InChI is InChI=1S/C20H14ClF2N3O3S/c21-14-6-2-4-8-16(14)29-17-9-13(22)10-18-19(17)25-20(26-30(18,27)28)24-11-12-5-1-3-7-15(12)23/h1-10H,11H2,(H2,24,25,26). The summed E-state index contributed by atoms with van der Waals surface area (Å²) in [6.07, 6.45) is 0. The zero-order valence-corrected chi connectivity index (χ0v) is 16.8. The number of para-hydroxylation sites is 1. The van der Waals surface area contributed by atoms with E-state index in [1.807, 2.05) is 0 Å². The minimum Gasteiger partial charge on any atom is -0.453 e. The number of nitrogens with one attached hydrogen (secondary N) is 2. The number of guanidine groups is 1. The molecule has 6 nitrogen and oxygen atoms in total. The lowest BCUT2D eigenvalue weighted by molar-refractivity contribution is 0.476. The fourth-order valence-corrected chi connectivity index (χ4v) is 4.15. The fraction of sp³-hybridized carbons (Fsp3) is 0.0500. The molecule has 0 saturated carbocycles. The van der Waals surface area contributed by atoms with Gasteiger partial charge in [-0.1, -0.05) is 41.9 Å². The first-order valence-electron chi connectivity index (χ1n) is 8.67. The summed E-state index contributed by atoms with van der Waals surface area (Å²) in [5.41, 5.74) is 0.269. The first kappa shape index (κ1) is 20.1. The molecule has 30 heavy (non-hydrogen) atoms. The van der Waals surface area contributed by atoms with Gasteiger partial charge >= 0.3 is 0 Å². The SMILES string of the molecule is O=S1(=O)NC(=NCc2ccccc2F)Nc2c(Oc3ccccc3Cl)cc(F)cc21. The fourth-order valence-electron chi connectivity index (χ4n) is 2.81. The molecule has 0 unspecified atom stereocenters. The van der Waals surface area contributed by atoms with Crippen molar-refractivity contribution >= 4 is 33.3 Å². The van der Waals surface area contributed by atoms with E-state index in [1.165, 1.54) is 18.2 Å². The van der Waals surface area contributed by atoms with Gasteiger partial charge in [-0.15, -0.1) is 0 Å². The molecule has 1 heterocycles. The van der Waals surface area contributed by atoms with E-state index in [2.05, 4.69) is 15.0 Å². The van der Waals surface area contributed by atoms with Gasteiger partial charge in [-0.05, 0) is 24.3 Å². The molecule has 2 N–H and O–H groups in total. The van der Waals surface area contributed by atoms with Gasteiger partial charge in [-0.2, -0.15) is 0 Å². The van der Waals surface area contributed by atoms with E-state index in [-0.39, 0.29) is 45.2 Å². The van der Waals surface area contributed by atoms with Gasteiger partial charge in [0, 0.05) is 11.6 Å². The highest BCUT2D eigenvalue weighted by Gasteiger charge is 2.30. The summed E-state index contributed by atoms with van der Waals surface area (Å²) in [6.45, 7) is -0.116. The van der Waals surface area contributed by atoms with Crippen molar-refractivity contribution in [3.8, 4) is 11.5 Å². The van der Waals surface area contributed by atoms with E-state index in [0.717, 1.165) is 12.1 Å². The molecule has 0 amide bonds. The number of benzene rings is 3. The third-order valence-electron chi connectivity index (χ3n) is 4.22. The van der Waals surface area contributed by atoms with Crippen LogP contribution in [0.1, 0.15) is 5.56 Å². The van der Waals surface area contributed by atoms with Crippen LogP contribution in [0, 0.1) is 11.6 Å². The molecule has 0 atom stereocenters. The molecular formula is C20H14ClF2N3O3S. The van der Waals surface area contributed by atoms with Crippen molar-refractivity contribution in [2.24, 2.45) is 4.99 Å². The topological polar surface area (TPSA) is 79.8 Å². The number of rotatable bonds is 4. The van der Waals surface area contributed by atoms with Gasteiger partial charge in [0.25, 0.3) is 10.0 Å². The molecule has 154 valence electrons. The molecule has 0 fully saturated rings. The van der Waals surface area contributed by atoms with Gasteiger partial charge in [-0.25, -0.2) is 26.9 Å². The molecule has 10 heteroatoms. The molecule has 1 aliphatic heterocycles. The maximum absolute atomic E-state index is 14.1. The number of fused-ring (bicyclic) bond motifs is 1. The van der Waals surface area contributed by atoms with Crippen LogP contribution in [0.25, 0.3) is 0 Å². The normalized spacial score (nSPS) is 15.8. The molecule has 0 bridgehead atoms. The van der Waals surface area contributed by atoms with E-state index < -0.39 is 21.7 Å². The molecule has 3 aromatic rings. The summed E-state index contributed by atoms with van der Waals surface area (Å²) in [4.78, 5) is 3.74. The maximum Gasteiger partial charge on any atom is 0.266 e. The molecular weight excluding hydrogens is 436 g/mol. The number of hydrogen-bond acceptors (Lipinski definition) is 4. The van der Waals surface area contributed by atoms with Crippen LogP contribution < -0.4 is 14.8 Å². The number of aliphatic imine (C=N–C) groups is 1. The summed E-state index contributed by atoms with van der Waals surface area (Å²) in [5, 5.41) is 3.04. The Morgan fingerprint density at radius 2 is 1.73 bits per heavy atom. The van der Waals surface area contributed by atoms with Crippen molar-refractivity contribution in [3.05, 3.63) is 82.9 Å². The van der Waals surface area contributed by atoms with Crippen LogP contribution in [0.3, 0.4) is 0 Å². The molecule has 0 aromatic heterocycles. The minimum absolute atomic E-state index is 0.0117. The molecule has 1 aliphatic rings. The average molecular weight is 450 g/mol. The Balaban J connectivity index is 1.73. The summed E-state index contributed by atoms with van der Waals surface area (Å²) in [5.74, 6) is -1.31. The zero-order valence-electron chi connectivity index (χ0n) is 15.2. The summed E-state index contributed by atoms with van der Waals surface area (Å²) < 4.78 is 61.1. The Kier molecular flexibility index (Phi) is 5.31. The molecule has 0 saturated heterocycles. The predicted octanol–water partition coefficient (Wildman–Crippen LogP) is 4.67. The number of sulfonamides is 1. The van der Waals surface area contributed by atoms with Crippen LogP contribution in [0.15, 0.2) is 70.6 Å². The second-order valence-electron chi connectivity index (χ2n) is 6.30. The van der Waals surface area contributed by atoms with E-state index in [4.69, 9.17) is 16.3 Å². The predicted molar refractivity (Wildman–Crippen MR) is 109 cm³/mol. The number of halogens is 3. The summed E-state index contributed by atoms with van der Waals surface area (Å²) >= 11 is 6.09. The van der Waals surface area contributed by atoms with Crippen molar-refractivity contribution in [1.82, 2.24) is 4.72 Å². The van der Waals surface area contributed by atoms with Crippen LogP contribution >= 0.6 is 11.6 Å². The van der Waals surface area contributed by atoms with Crippen molar-refractivity contribution in [2.45, 2.75) is 11.4 Å². The Bertz CT molecular complexity index is 1270. The largest absolute Gasteiger partial charge is 0.453 e. The van der Waals surface area contributed by atoms with E-state index in [1.54, 1.807) is 30.3 Å². The smallest absolute Gasteiger partial charge is 0.266 e. The van der Waals surface area contributed by atoms with Gasteiger partial charge < -0.3 is 10.1 Å². The average Bonchev–Trinajstić information content (AvgIpc) is 2.69. The van der Waals surface area contributed by atoms with Crippen molar-refractivity contribution < 1.29 is 21.9 Å². The second kappa shape index (κ2) is 7.92. The summed E-state index contributed by atoms with van der Waals surface area (Å²) in [6, 6.07) is 14.4. The first-order chi connectivity index (χ1) is 14.3. The Hall–Kier alpha value is -3.17. The first-order valence-corrected chi connectivity index (χ1v) is 10.5. The minimum atomic E-state index is -4.14. The van der Waals surface area contributed by atoms with E-state index in [0.29, 0.717) is 0 Å². The highest BCUT2D eigenvalue weighted by Crippen LogP contribution is 2.39. The van der Waals surface area contributed by atoms with Gasteiger partial charge in [0.05, 0.1) is 11.6 Å². The Morgan fingerprint density at radius 1 is 1.00 bits per heavy atom. The number of nitrogens with zero attached hydrogens (tertiary/aromatic N) is 1. The number of ether oxygens (including phenoxy) is 1. The molecule has 0 spiro atoms. The lowest BCUT2D eigenvalue weighted by Gasteiger charge is -2.24. The van der Waals surface area contributed by atoms with Gasteiger partial charge in [0.15, 0.2) is 5.75 Å². The monoisotopic (exact) mass is 449 g/mol. The third kappa shape index (κ3) is 4.07. The number of hydrogen-bond donors (Lipinski definition) is 2. The third-order valence-corrected chi connectivity index (χ3v) is 5.89. The van der Waals surface area contributed by atoms with Gasteiger partial charge in [-0.3, -0.25) is 0 Å².